The Morgan fingerprint density at radius 1 is 0.927 bits per heavy atom. The largest absolute Gasteiger partial charge is 0.493 e. The van der Waals surface area contributed by atoms with Crippen molar-refractivity contribution in [1.82, 2.24) is 4.90 Å². The first kappa shape index (κ1) is 31.6. The van der Waals surface area contributed by atoms with E-state index in [0.717, 1.165) is 0 Å². The van der Waals surface area contributed by atoms with Crippen LogP contribution >= 0.6 is 0 Å². The Hall–Kier alpha value is -3.95. The minimum absolute atomic E-state index is 0.281. The van der Waals surface area contributed by atoms with Crippen molar-refractivity contribution < 1.29 is 43.2 Å². The lowest BCUT2D eigenvalue weighted by atomic mass is 9.70. The van der Waals surface area contributed by atoms with Crippen molar-refractivity contribution in [3.05, 3.63) is 47.5 Å². The molecule has 0 aromatic heterocycles. The number of hydrogen-bond acceptors (Lipinski definition) is 8. The molecule has 0 radical (unpaired) electrons. The molecule has 10 nitrogen and oxygen atoms in total. The van der Waals surface area contributed by atoms with E-state index in [-0.39, 0.29) is 18.9 Å². The maximum Gasteiger partial charge on any atom is 0.343 e. The van der Waals surface area contributed by atoms with Crippen LogP contribution in [-0.2, 0) is 19.1 Å². The van der Waals surface area contributed by atoms with Crippen molar-refractivity contribution in [2.24, 2.45) is 0 Å². The average Bonchev–Trinajstić information content (AvgIpc) is 3.00. The summed E-state index contributed by atoms with van der Waals surface area (Å²) in [5.74, 6) is -1.52. The second kappa shape index (κ2) is 14.1. The number of piperidine rings is 1. The normalized spacial score (nSPS) is 18.1. The summed E-state index contributed by atoms with van der Waals surface area (Å²) in [6.45, 7) is 3.78. The summed E-state index contributed by atoms with van der Waals surface area (Å²) in [4.78, 5) is 41.2. The van der Waals surface area contributed by atoms with Crippen molar-refractivity contribution in [2.45, 2.75) is 63.3 Å². The van der Waals surface area contributed by atoms with E-state index in [0.29, 0.717) is 66.4 Å². The van der Waals surface area contributed by atoms with Gasteiger partial charge in [0, 0.05) is 18.0 Å². The summed E-state index contributed by atoms with van der Waals surface area (Å²) in [6, 6.07) is 10.6. The molecule has 0 aliphatic carbocycles. The van der Waals surface area contributed by atoms with Gasteiger partial charge in [0.1, 0.15) is 11.3 Å². The van der Waals surface area contributed by atoms with Gasteiger partial charge in [-0.3, -0.25) is 4.79 Å². The smallest absolute Gasteiger partial charge is 0.343 e. The van der Waals surface area contributed by atoms with Gasteiger partial charge >= 0.3 is 11.9 Å². The van der Waals surface area contributed by atoms with E-state index in [1.807, 2.05) is 13.8 Å². The molecule has 1 amide bonds. The molecule has 10 heteroatoms. The summed E-state index contributed by atoms with van der Waals surface area (Å²) in [6.07, 6.45) is 2.47. The monoisotopic (exact) mass is 571 g/mol. The molecular formula is C31H41NO9. The molecule has 1 unspecified atom stereocenters. The van der Waals surface area contributed by atoms with E-state index >= 15 is 0 Å². The van der Waals surface area contributed by atoms with Crippen molar-refractivity contribution in [1.29, 1.82) is 0 Å². The van der Waals surface area contributed by atoms with Gasteiger partial charge in [0.15, 0.2) is 18.1 Å². The number of nitrogens with zero attached hydrogens (tertiary/aromatic N) is 1. The number of aliphatic carboxylic acids is 1. The van der Waals surface area contributed by atoms with E-state index in [2.05, 4.69) is 0 Å². The van der Waals surface area contributed by atoms with Gasteiger partial charge in [-0.1, -0.05) is 32.0 Å². The third-order valence-corrected chi connectivity index (χ3v) is 7.96. The lowest BCUT2D eigenvalue weighted by molar-refractivity contribution is -0.166. The lowest BCUT2D eigenvalue weighted by Crippen LogP contribution is -2.63. The molecule has 1 N–H and O–H groups in total. The molecule has 2 aromatic rings. The molecule has 0 spiro atoms. The molecule has 1 heterocycles. The molecule has 0 bridgehead atoms. The fraction of sp³-hybridized carbons (Fsp3) is 0.516. The SMILES string of the molecule is CCC(c1ccccc1OCC(=O)OC)[C@]1(C(=O)O)CCCCN1C(=O)[C@@H](CC)c1cc(OC)c(OC)c(OC)c1. The predicted octanol–water partition coefficient (Wildman–Crippen LogP) is 4.79. The van der Waals surface area contributed by atoms with Crippen LogP contribution in [0.5, 0.6) is 23.0 Å². The van der Waals surface area contributed by atoms with Crippen LogP contribution in [0.15, 0.2) is 36.4 Å². The van der Waals surface area contributed by atoms with Crippen LogP contribution in [0.25, 0.3) is 0 Å². The maximum absolute atomic E-state index is 14.5. The molecule has 224 valence electrons. The number of amides is 1. The van der Waals surface area contributed by atoms with Gasteiger partial charge in [-0.25, -0.2) is 9.59 Å². The number of carbonyl (C=O) groups excluding carboxylic acids is 2. The van der Waals surface area contributed by atoms with Gasteiger partial charge in [-0.05, 0) is 55.9 Å². The molecule has 1 aliphatic heterocycles. The van der Waals surface area contributed by atoms with Crippen LogP contribution in [0.2, 0.25) is 0 Å². The third kappa shape index (κ3) is 6.21. The van der Waals surface area contributed by atoms with Crippen molar-refractivity contribution >= 4 is 17.8 Å². The fourth-order valence-electron chi connectivity index (χ4n) is 5.99. The summed E-state index contributed by atoms with van der Waals surface area (Å²) in [5.41, 5.74) is -0.253. The number of para-hydroxylation sites is 1. The van der Waals surface area contributed by atoms with E-state index in [1.165, 1.54) is 28.4 Å². The molecule has 3 rings (SSSR count). The number of esters is 1. The highest BCUT2D eigenvalue weighted by Crippen LogP contribution is 2.47. The zero-order chi connectivity index (χ0) is 30.2. The third-order valence-electron chi connectivity index (χ3n) is 7.96. The Morgan fingerprint density at radius 2 is 1.59 bits per heavy atom. The molecule has 3 atom stereocenters. The van der Waals surface area contributed by atoms with Gasteiger partial charge < -0.3 is 33.7 Å². The van der Waals surface area contributed by atoms with Gasteiger partial charge in [-0.2, -0.15) is 0 Å². The van der Waals surface area contributed by atoms with Crippen LogP contribution in [-0.4, -0.2) is 75.0 Å². The summed E-state index contributed by atoms with van der Waals surface area (Å²) < 4.78 is 27.0. The quantitative estimate of drug-likeness (QED) is 0.338. The molecule has 1 aliphatic rings. The second-order valence-corrected chi connectivity index (χ2v) is 9.96. The summed E-state index contributed by atoms with van der Waals surface area (Å²) >= 11 is 0. The fourth-order valence-corrected chi connectivity index (χ4v) is 5.99. The predicted molar refractivity (Wildman–Crippen MR) is 152 cm³/mol. The number of ether oxygens (including phenoxy) is 5. The minimum atomic E-state index is -1.52. The molecule has 1 fully saturated rings. The highest BCUT2D eigenvalue weighted by molar-refractivity contribution is 5.92. The number of carboxylic acid groups (broad SMARTS) is 1. The molecule has 2 aromatic carbocycles. The van der Waals surface area contributed by atoms with E-state index < -0.39 is 29.3 Å². The first-order chi connectivity index (χ1) is 19.7. The van der Waals surface area contributed by atoms with Gasteiger partial charge in [0.2, 0.25) is 11.7 Å². The van der Waals surface area contributed by atoms with Gasteiger partial charge in [0.25, 0.3) is 0 Å². The second-order valence-electron chi connectivity index (χ2n) is 9.96. The van der Waals surface area contributed by atoms with Crippen LogP contribution in [0, 0.1) is 0 Å². The lowest BCUT2D eigenvalue weighted by Gasteiger charge is -2.49. The topological polar surface area (TPSA) is 121 Å². The van der Waals surface area contributed by atoms with E-state index in [4.69, 9.17) is 23.7 Å². The summed E-state index contributed by atoms with van der Waals surface area (Å²) in [7, 11) is 5.80. The zero-order valence-corrected chi connectivity index (χ0v) is 24.7. The first-order valence-electron chi connectivity index (χ1n) is 13.9. The average molecular weight is 572 g/mol. The van der Waals surface area contributed by atoms with Crippen LogP contribution in [0.4, 0.5) is 0 Å². The Kier molecular flexibility index (Phi) is 10.9. The maximum atomic E-state index is 14.5. The highest BCUT2D eigenvalue weighted by Gasteiger charge is 2.54. The van der Waals surface area contributed by atoms with Crippen molar-refractivity contribution in [3.8, 4) is 23.0 Å². The van der Waals surface area contributed by atoms with Crippen LogP contribution < -0.4 is 18.9 Å². The first-order valence-corrected chi connectivity index (χ1v) is 13.9. The minimum Gasteiger partial charge on any atom is -0.493 e. The Balaban J connectivity index is 2.13. The zero-order valence-electron chi connectivity index (χ0n) is 24.7. The number of carboxylic acids is 1. The molecule has 0 saturated carbocycles. The number of likely N-dealkylation sites (tertiary alicyclic amines) is 1. The molecule has 41 heavy (non-hydrogen) atoms. The Morgan fingerprint density at radius 3 is 2.12 bits per heavy atom. The van der Waals surface area contributed by atoms with Crippen LogP contribution in [0.1, 0.15) is 68.9 Å². The number of rotatable bonds is 13. The number of methoxy groups -OCH3 is 4. The van der Waals surface area contributed by atoms with Crippen LogP contribution in [0.3, 0.4) is 0 Å². The van der Waals surface area contributed by atoms with Gasteiger partial charge in [0.05, 0.1) is 34.4 Å². The standard InChI is InChI=1S/C31H41NO9/c1-7-21(20-17-25(37-3)28(40-6)26(18-20)38-4)29(34)32-16-12-11-15-31(32,30(35)36)23(8-2)22-13-9-10-14-24(22)41-19-27(33)39-5/h9-10,13-14,17-18,21,23H,7-8,11-12,15-16,19H2,1-6H3,(H,35,36)/t21-,23?,31-/m0/s1. The number of benzene rings is 2. The van der Waals surface area contributed by atoms with E-state index in [9.17, 15) is 19.5 Å². The molecular weight excluding hydrogens is 530 g/mol. The number of hydrogen-bond donors (Lipinski definition) is 1. The highest BCUT2D eigenvalue weighted by atomic mass is 16.6. The Bertz CT molecular complexity index is 1200. The van der Waals surface area contributed by atoms with Gasteiger partial charge in [-0.15, -0.1) is 0 Å². The van der Waals surface area contributed by atoms with Crippen molar-refractivity contribution in [2.75, 3.05) is 41.6 Å². The van der Waals surface area contributed by atoms with E-state index in [1.54, 1.807) is 41.3 Å². The van der Waals surface area contributed by atoms with Crippen molar-refractivity contribution in [3.63, 3.8) is 0 Å². The molecule has 1 saturated heterocycles. The number of carbonyl (C=O) groups is 3. The Labute approximate surface area is 241 Å². The summed E-state index contributed by atoms with van der Waals surface area (Å²) in [5, 5.41) is 10.9.